The Morgan fingerprint density at radius 1 is 1.13 bits per heavy atom. The molecule has 0 radical (unpaired) electrons. The van der Waals surface area contributed by atoms with Gasteiger partial charge in [0.15, 0.2) is 0 Å². The van der Waals surface area contributed by atoms with Gasteiger partial charge in [0.05, 0.1) is 31.3 Å². The second kappa shape index (κ2) is 8.56. The van der Waals surface area contributed by atoms with Crippen LogP contribution in [0.25, 0.3) is 10.9 Å². The summed E-state index contributed by atoms with van der Waals surface area (Å²) in [6.07, 6.45) is -2.92. The van der Waals surface area contributed by atoms with Crippen LogP contribution < -0.4 is 10.1 Å². The van der Waals surface area contributed by atoms with Crippen LogP contribution in [0, 0.1) is 12.7 Å². The summed E-state index contributed by atoms with van der Waals surface area (Å²) in [5, 5.41) is 3.57. The third-order valence-corrected chi connectivity index (χ3v) is 4.65. The molecule has 0 bridgehead atoms. The van der Waals surface area contributed by atoms with E-state index in [0.717, 1.165) is 6.07 Å². The van der Waals surface area contributed by atoms with Gasteiger partial charge in [-0.15, -0.1) is 0 Å². The monoisotopic (exact) mass is 419 g/mol. The number of fused-ring (bicyclic) bond motifs is 1. The van der Waals surface area contributed by atoms with E-state index >= 15 is 0 Å². The first-order valence-electron chi connectivity index (χ1n) is 9.04. The molecule has 0 spiro atoms. The van der Waals surface area contributed by atoms with Gasteiger partial charge in [-0.05, 0) is 26.0 Å². The summed E-state index contributed by atoms with van der Waals surface area (Å²) >= 11 is 0. The van der Waals surface area contributed by atoms with Crippen molar-refractivity contribution in [1.29, 1.82) is 0 Å². The van der Waals surface area contributed by atoms with Crippen LogP contribution in [0.15, 0.2) is 30.3 Å². The van der Waals surface area contributed by atoms with E-state index in [0.29, 0.717) is 22.5 Å². The number of carbonyl (C=O) groups excluding carboxylic acids is 1. The summed E-state index contributed by atoms with van der Waals surface area (Å²) in [6.45, 7) is 3.30. The molecule has 6 nitrogen and oxygen atoms in total. The predicted octanol–water partition coefficient (Wildman–Crippen LogP) is 4.98. The minimum absolute atomic E-state index is 0.0790. The van der Waals surface area contributed by atoms with Crippen molar-refractivity contribution in [3.8, 4) is 5.75 Å². The third-order valence-electron chi connectivity index (χ3n) is 4.65. The fourth-order valence-corrected chi connectivity index (χ4v) is 3.17. The first-order valence-corrected chi connectivity index (χ1v) is 9.04. The van der Waals surface area contributed by atoms with Crippen molar-refractivity contribution in [3.63, 3.8) is 0 Å². The number of anilines is 1. The van der Waals surface area contributed by atoms with Crippen molar-refractivity contribution in [2.45, 2.75) is 26.3 Å². The summed E-state index contributed by atoms with van der Waals surface area (Å²) in [4.78, 5) is 20.7. The molecule has 0 amide bonds. The van der Waals surface area contributed by atoms with Crippen LogP contribution in [0.4, 0.5) is 19.0 Å². The van der Waals surface area contributed by atoms with Crippen LogP contribution in [0.3, 0.4) is 0 Å². The normalized spacial score (nSPS) is 12.1. The van der Waals surface area contributed by atoms with E-state index in [9.17, 15) is 18.0 Å². The molecule has 2 aromatic carbocycles. The maximum atomic E-state index is 14.5. The number of halogens is 3. The highest BCUT2D eigenvalue weighted by molar-refractivity contribution is 6.00. The summed E-state index contributed by atoms with van der Waals surface area (Å²) in [5.74, 6) is -0.545. The topological polar surface area (TPSA) is 73.3 Å². The number of ether oxygens (including phenoxy) is 2. The summed E-state index contributed by atoms with van der Waals surface area (Å²) in [6, 6.07) is 6.29. The highest BCUT2D eigenvalue weighted by Gasteiger charge is 2.21. The molecule has 3 rings (SSSR count). The standard InChI is InChI=1S/C21H20F3N3O3/c1-10(12-6-5-7-13(18(12)22)19(23)24)25-20-14-9-17(29-3)15(21(28)30-4)8-16(14)26-11(2)27-20/h5-10,19H,1-4H3,(H,25,26,27)/t10-/m1/s1. The lowest BCUT2D eigenvalue weighted by Gasteiger charge is -2.19. The van der Waals surface area contributed by atoms with E-state index in [1.807, 2.05) is 0 Å². The molecule has 1 heterocycles. The van der Waals surface area contributed by atoms with Gasteiger partial charge in [0.25, 0.3) is 6.43 Å². The van der Waals surface area contributed by atoms with E-state index in [1.165, 1.54) is 32.4 Å². The SMILES string of the molecule is COC(=O)c1cc2nc(C)nc(N[C@H](C)c3cccc(C(F)F)c3F)c2cc1OC. The molecule has 0 fully saturated rings. The number of hydrogen-bond acceptors (Lipinski definition) is 6. The average molecular weight is 419 g/mol. The van der Waals surface area contributed by atoms with Crippen LogP contribution in [0.2, 0.25) is 0 Å². The fourth-order valence-electron chi connectivity index (χ4n) is 3.17. The van der Waals surface area contributed by atoms with Crippen LogP contribution >= 0.6 is 0 Å². The van der Waals surface area contributed by atoms with Crippen LogP contribution in [0.1, 0.15) is 46.7 Å². The van der Waals surface area contributed by atoms with Gasteiger partial charge in [0.2, 0.25) is 0 Å². The second-order valence-corrected chi connectivity index (χ2v) is 6.60. The molecule has 30 heavy (non-hydrogen) atoms. The van der Waals surface area contributed by atoms with Gasteiger partial charge in [-0.25, -0.2) is 27.9 Å². The van der Waals surface area contributed by atoms with Crippen LogP contribution in [-0.4, -0.2) is 30.2 Å². The molecule has 0 aliphatic heterocycles. The highest BCUT2D eigenvalue weighted by Crippen LogP contribution is 2.33. The van der Waals surface area contributed by atoms with Gasteiger partial charge < -0.3 is 14.8 Å². The van der Waals surface area contributed by atoms with Gasteiger partial charge in [-0.3, -0.25) is 0 Å². The number of methoxy groups -OCH3 is 2. The lowest BCUT2D eigenvalue weighted by Crippen LogP contribution is -2.13. The quantitative estimate of drug-likeness (QED) is 0.568. The van der Waals surface area contributed by atoms with E-state index in [2.05, 4.69) is 15.3 Å². The highest BCUT2D eigenvalue weighted by atomic mass is 19.3. The summed E-state index contributed by atoms with van der Waals surface area (Å²) in [5.41, 5.74) is 0.0603. The number of aromatic nitrogens is 2. The van der Waals surface area contributed by atoms with Crippen molar-refractivity contribution in [2.24, 2.45) is 0 Å². The third kappa shape index (κ3) is 4.00. The predicted molar refractivity (Wildman–Crippen MR) is 106 cm³/mol. The Kier molecular flexibility index (Phi) is 6.09. The van der Waals surface area contributed by atoms with Crippen molar-refractivity contribution in [3.05, 3.63) is 58.7 Å². The molecular formula is C21H20F3N3O3. The zero-order chi connectivity index (χ0) is 22.0. The van der Waals surface area contributed by atoms with Gasteiger partial charge >= 0.3 is 5.97 Å². The molecule has 1 aromatic heterocycles. The number of benzene rings is 2. The van der Waals surface area contributed by atoms with Crippen molar-refractivity contribution in [1.82, 2.24) is 9.97 Å². The molecule has 158 valence electrons. The molecule has 0 aliphatic rings. The fraction of sp³-hybridized carbons (Fsp3) is 0.286. The molecule has 3 aromatic rings. The molecular weight excluding hydrogens is 399 g/mol. The number of carbonyl (C=O) groups is 1. The Hall–Kier alpha value is -3.36. The Morgan fingerprint density at radius 3 is 2.47 bits per heavy atom. The lowest BCUT2D eigenvalue weighted by atomic mass is 10.0. The number of nitrogens with zero attached hydrogens (tertiary/aromatic N) is 2. The van der Waals surface area contributed by atoms with Crippen molar-refractivity contribution >= 4 is 22.7 Å². The Morgan fingerprint density at radius 2 is 1.83 bits per heavy atom. The van der Waals surface area contributed by atoms with Crippen molar-refractivity contribution < 1.29 is 27.4 Å². The van der Waals surface area contributed by atoms with Gasteiger partial charge in [0.1, 0.15) is 28.8 Å². The number of nitrogens with one attached hydrogen (secondary N) is 1. The number of aryl methyl sites for hydroxylation is 1. The Balaban J connectivity index is 2.08. The molecule has 0 saturated carbocycles. The number of hydrogen-bond donors (Lipinski definition) is 1. The maximum Gasteiger partial charge on any atom is 0.341 e. The van der Waals surface area contributed by atoms with Crippen LogP contribution in [0.5, 0.6) is 5.75 Å². The first-order chi connectivity index (χ1) is 14.3. The number of rotatable bonds is 6. The molecule has 0 aliphatic carbocycles. The van der Waals surface area contributed by atoms with Gasteiger partial charge in [-0.2, -0.15) is 0 Å². The van der Waals surface area contributed by atoms with Gasteiger partial charge in [-0.1, -0.05) is 18.2 Å². The largest absolute Gasteiger partial charge is 0.496 e. The van der Waals surface area contributed by atoms with Crippen molar-refractivity contribution in [2.75, 3.05) is 19.5 Å². The molecule has 0 saturated heterocycles. The molecule has 1 atom stereocenters. The number of alkyl halides is 2. The van der Waals surface area contributed by atoms with Gasteiger partial charge in [0, 0.05) is 10.9 Å². The molecule has 0 unspecified atom stereocenters. The molecule has 1 N–H and O–H groups in total. The van der Waals surface area contributed by atoms with E-state index in [-0.39, 0.29) is 16.9 Å². The summed E-state index contributed by atoms with van der Waals surface area (Å²) < 4.78 is 50.7. The summed E-state index contributed by atoms with van der Waals surface area (Å²) in [7, 11) is 2.66. The minimum Gasteiger partial charge on any atom is -0.496 e. The first kappa shape index (κ1) is 21.4. The Bertz CT molecular complexity index is 1110. The zero-order valence-electron chi connectivity index (χ0n) is 16.8. The average Bonchev–Trinajstić information content (AvgIpc) is 2.71. The Labute approximate surface area is 171 Å². The van der Waals surface area contributed by atoms with E-state index < -0.39 is 29.8 Å². The molecule has 9 heteroatoms. The van der Waals surface area contributed by atoms with E-state index in [1.54, 1.807) is 19.9 Å². The smallest absolute Gasteiger partial charge is 0.341 e. The second-order valence-electron chi connectivity index (χ2n) is 6.60. The zero-order valence-corrected chi connectivity index (χ0v) is 16.8. The van der Waals surface area contributed by atoms with Crippen LogP contribution in [-0.2, 0) is 4.74 Å². The maximum absolute atomic E-state index is 14.5. The lowest BCUT2D eigenvalue weighted by molar-refractivity contribution is 0.0597. The minimum atomic E-state index is -2.92. The number of esters is 1. The van der Waals surface area contributed by atoms with E-state index in [4.69, 9.17) is 9.47 Å².